The first kappa shape index (κ1) is 14.4. The fraction of sp³-hybridized carbons (Fsp3) is 0.533. The van der Waals surface area contributed by atoms with Gasteiger partial charge < -0.3 is 10.4 Å². The lowest BCUT2D eigenvalue weighted by Gasteiger charge is -2.31. The maximum Gasteiger partial charge on any atom is 0.303 e. The first-order chi connectivity index (χ1) is 9.25. The Kier molecular flexibility index (Phi) is 5.73. The monoisotopic (exact) mass is 279 g/mol. The van der Waals surface area contributed by atoms with Crippen molar-refractivity contribution in [2.75, 3.05) is 12.3 Å². The number of carbonyl (C=O) groups is 1. The first-order valence-corrected chi connectivity index (χ1v) is 7.87. The molecule has 1 aromatic carbocycles. The summed E-state index contributed by atoms with van der Waals surface area (Å²) in [6, 6.07) is 10.7. The van der Waals surface area contributed by atoms with Crippen molar-refractivity contribution in [2.24, 2.45) is 5.92 Å². The van der Waals surface area contributed by atoms with Crippen molar-refractivity contribution in [1.29, 1.82) is 0 Å². The summed E-state index contributed by atoms with van der Waals surface area (Å²) in [6.07, 6.45) is 3.48. The van der Waals surface area contributed by atoms with E-state index in [0.717, 1.165) is 31.6 Å². The van der Waals surface area contributed by atoms with Gasteiger partial charge in [-0.25, -0.2) is 0 Å². The van der Waals surface area contributed by atoms with Gasteiger partial charge in [-0.2, -0.15) is 0 Å². The molecule has 4 heteroatoms. The molecule has 104 valence electrons. The van der Waals surface area contributed by atoms with Crippen molar-refractivity contribution >= 4 is 17.7 Å². The van der Waals surface area contributed by atoms with E-state index < -0.39 is 5.97 Å². The van der Waals surface area contributed by atoms with Crippen molar-refractivity contribution < 1.29 is 9.90 Å². The first-order valence-electron chi connectivity index (χ1n) is 6.89. The highest BCUT2D eigenvalue weighted by atomic mass is 32.2. The van der Waals surface area contributed by atoms with Gasteiger partial charge in [0.25, 0.3) is 0 Å². The molecular weight excluding hydrogens is 258 g/mol. The Labute approximate surface area is 118 Å². The van der Waals surface area contributed by atoms with Gasteiger partial charge in [-0.15, -0.1) is 11.8 Å². The van der Waals surface area contributed by atoms with Crippen molar-refractivity contribution in [1.82, 2.24) is 5.32 Å². The SMILES string of the molecule is O=C(O)CC1CCCNC1CCSc1ccccc1. The predicted octanol–water partition coefficient (Wildman–Crippen LogP) is 3.01. The summed E-state index contributed by atoms with van der Waals surface area (Å²) in [6.45, 7) is 1.02. The van der Waals surface area contributed by atoms with Gasteiger partial charge in [-0.3, -0.25) is 4.79 Å². The lowest BCUT2D eigenvalue weighted by atomic mass is 9.87. The van der Waals surface area contributed by atoms with Crippen LogP contribution in [0.1, 0.15) is 25.7 Å². The number of thioether (sulfide) groups is 1. The standard InChI is InChI=1S/C15H21NO2S/c17-15(18)11-12-5-4-9-16-14(12)8-10-19-13-6-2-1-3-7-13/h1-3,6-7,12,14,16H,4-5,8-11H2,(H,17,18). The summed E-state index contributed by atoms with van der Waals surface area (Å²) in [7, 11) is 0. The lowest BCUT2D eigenvalue weighted by Crippen LogP contribution is -2.42. The largest absolute Gasteiger partial charge is 0.481 e. The molecule has 2 atom stereocenters. The lowest BCUT2D eigenvalue weighted by molar-refractivity contribution is -0.138. The molecule has 1 aliphatic heterocycles. The number of rotatable bonds is 6. The molecule has 2 rings (SSSR count). The second-order valence-corrected chi connectivity index (χ2v) is 6.18. The van der Waals surface area contributed by atoms with Crippen LogP contribution in [0.4, 0.5) is 0 Å². The number of aliphatic carboxylic acids is 1. The van der Waals surface area contributed by atoms with E-state index >= 15 is 0 Å². The van der Waals surface area contributed by atoms with Crippen LogP contribution < -0.4 is 5.32 Å². The smallest absolute Gasteiger partial charge is 0.303 e. The van der Waals surface area contributed by atoms with Crippen LogP contribution in [0.3, 0.4) is 0 Å². The fourth-order valence-corrected chi connectivity index (χ4v) is 3.60. The van der Waals surface area contributed by atoms with Crippen molar-refractivity contribution in [3.8, 4) is 0 Å². The average molecular weight is 279 g/mol. The third kappa shape index (κ3) is 4.88. The molecular formula is C15H21NO2S. The quantitative estimate of drug-likeness (QED) is 0.786. The van der Waals surface area contributed by atoms with E-state index in [9.17, 15) is 4.79 Å². The molecule has 1 aliphatic rings. The van der Waals surface area contributed by atoms with Crippen LogP contribution in [-0.2, 0) is 4.79 Å². The Bertz CT molecular complexity index is 396. The van der Waals surface area contributed by atoms with E-state index in [0.29, 0.717) is 18.4 Å². The average Bonchev–Trinajstić information content (AvgIpc) is 2.41. The Hall–Kier alpha value is -1.00. The van der Waals surface area contributed by atoms with Crippen LogP contribution in [0.5, 0.6) is 0 Å². The van der Waals surface area contributed by atoms with Crippen LogP contribution >= 0.6 is 11.8 Å². The highest BCUT2D eigenvalue weighted by Gasteiger charge is 2.26. The van der Waals surface area contributed by atoms with Gasteiger partial charge in [-0.1, -0.05) is 18.2 Å². The van der Waals surface area contributed by atoms with Crippen molar-refractivity contribution in [3.63, 3.8) is 0 Å². The van der Waals surface area contributed by atoms with Crippen LogP contribution in [-0.4, -0.2) is 29.4 Å². The van der Waals surface area contributed by atoms with Crippen LogP contribution in [0.15, 0.2) is 35.2 Å². The molecule has 0 amide bonds. The number of benzene rings is 1. The van der Waals surface area contributed by atoms with Crippen LogP contribution in [0.2, 0.25) is 0 Å². The van der Waals surface area contributed by atoms with Gasteiger partial charge in [0.2, 0.25) is 0 Å². The summed E-state index contributed by atoms with van der Waals surface area (Å²) in [5.74, 6) is 0.662. The predicted molar refractivity (Wildman–Crippen MR) is 78.6 cm³/mol. The Morgan fingerprint density at radius 1 is 1.37 bits per heavy atom. The maximum atomic E-state index is 10.9. The Morgan fingerprint density at radius 2 is 2.16 bits per heavy atom. The van der Waals surface area contributed by atoms with Crippen molar-refractivity contribution in [3.05, 3.63) is 30.3 Å². The van der Waals surface area contributed by atoms with Gasteiger partial charge in [0.1, 0.15) is 0 Å². The summed E-state index contributed by atoms with van der Waals surface area (Å²) < 4.78 is 0. The van der Waals surface area contributed by atoms with E-state index in [1.807, 2.05) is 17.8 Å². The molecule has 0 spiro atoms. The minimum Gasteiger partial charge on any atom is -0.481 e. The van der Waals surface area contributed by atoms with E-state index in [1.165, 1.54) is 4.90 Å². The zero-order valence-corrected chi connectivity index (χ0v) is 11.9. The number of carboxylic acid groups (broad SMARTS) is 1. The summed E-state index contributed by atoms with van der Waals surface area (Å²) in [5.41, 5.74) is 0. The van der Waals surface area contributed by atoms with E-state index in [-0.39, 0.29) is 0 Å². The third-order valence-corrected chi connectivity index (χ3v) is 4.65. The number of hydrogen-bond acceptors (Lipinski definition) is 3. The second kappa shape index (κ2) is 7.56. The third-order valence-electron chi connectivity index (χ3n) is 3.60. The van der Waals surface area contributed by atoms with Gasteiger partial charge >= 0.3 is 5.97 Å². The minimum atomic E-state index is -0.672. The van der Waals surface area contributed by atoms with Gasteiger partial charge in [-0.05, 0) is 49.6 Å². The highest BCUT2D eigenvalue weighted by molar-refractivity contribution is 7.99. The zero-order valence-electron chi connectivity index (χ0n) is 11.0. The molecule has 2 unspecified atom stereocenters. The molecule has 2 N–H and O–H groups in total. The van der Waals surface area contributed by atoms with E-state index in [2.05, 4.69) is 29.6 Å². The normalized spacial score (nSPS) is 23.2. The van der Waals surface area contributed by atoms with E-state index in [4.69, 9.17) is 5.11 Å². The Morgan fingerprint density at radius 3 is 2.89 bits per heavy atom. The number of hydrogen-bond donors (Lipinski definition) is 2. The molecule has 1 aromatic rings. The molecule has 1 saturated heterocycles. The number of carboxylic acids is 1. The molecule has 1 fully saturated rings. The number of piperidine rings is 1. The van der Waals surface area contributed by atoms with Gasteiger partial charge in [0.15, 0.2) is 0 Å². The molecule has 0 bridgehead atoms. The molecule has 19 heavy (non-hydrogen) atoms. The molecule has 0 aromatic heterocycles. The Balaban J connectivity index is 1.78. The van der Waals surface area contributed by atoms with E-state index in [1.54, 1.807) is 0 Å². The second-order valence-electron chi connectivity index (χ2n) is 5.01. The highest BCUT2D eigenvalue weighted by Crippen LogP contribution is 2.25. The zero-order chi connectivity index (χ0) is 13.5. The minimum absolute atomic E-state index is 0.294. The summed E-state index contributed by atoms with van der Waals surface area (Å²) >= 11 is 1.85. The topological polar surface area (TPSA) is 49.3 Å². The molecule has 0 aliphatic carbocycles. The molecule has 0 radical (unpaired) electrons. The number of nitrogens with one attached hydrogen (secondary N) is 1. The fourth-order valence-electron chi connectivity index (χ4n) is 2.65. The van der Waals surface area contributed by atoms with Crippen LogP contribution in [0, 0.1) is 5.92 Å². The van der Waals surface area contributed by atoms with Crippen LogP contribution in [0.25, 0.3) is 0 Å². The van der Waals surface area contributed by atoms with Gasteiger partial charge in [0.05, 0.1) is 0 Å². The summed E-state index contributed by atoms with van der Waals surface area (Å²) in [5, 5.41) is 12.4. The molecule has 1 heterocycles. The van der Waals surface area contributed by atoms with Gasteiger partial charge in [0, 0.05) is 17.4 Å². The molecule has 0 saturated carbocycles. The maximum absolute atomic E-state index is 10.9. The molecule has 3 nitrogen and oxygen atoms in total. The summed E-state index contributed by atoms with van der Waals surface area (Å²) in [4.78, 5) is 12.2. The van der Waals surface area contributed by atoms with Crippen molar-refractivity contribution in [2.45, 2.75) is 36.6 Å².